The first-order chi connectivity index (χ1) is 14.7. The zero-order valence-electron chi connectivity index (χ0n) is 16.7. The maximum atomic E-state index is 12.8. The summed E-state index contributed by atoms with van der Waals surface area (Å²) >= 11 is 3.02. The third-order valence-corrected chi connectivity index (χ3v) is 6.64. The van der Waals surface area contributed by atoms with E-state index < -0.39 is 0 Å². The first kappa shape index (κ1) is 20.4. The maximum Gasteiger partial charge on any atom is 0.231 e. The number of aromatic nitrogens is 3. The van der Waals surface area contributed by atoms with Gasteiger partial charge in [-0.25, -0.2) is 0 Å². The fourth-order valence-electron chi connectivity index (χ4n) is 3.25. The molecule has 0 aliphatic heterocycles. The Labute approximate surface area is 183 Å². The molecule has 0 aliphatic carbocycles. The molecule has 8 heteroatoms. The van der Waals surface area contributed by atoms with Crippen LogP contribution in [-0.2, 0) is 11.3 Å². The van der Waals surface area contributed by atoms with Crippen LogP contribution in [0.5, 0.6) is 0 Å². The van der Waals surface area contributed by atoms with Gasteiger partial charge in [-0.2, -0.15) is 0 Å². The molecule has 0 spiro atoms. The third kappa shape index (κ3) is 4.34. The first-order valence-electron chi connectivity index (χ1n) is 9.65. The van der Waals surface area contributed by atoms with Crippen molar-refractivity contribution in [3.63, 3.8) is 0 Å². The second-order valence-electron chi connectivity index (χ2n) is 6.66. The smallest absolute Gasteiger partial charge is 0.231 e. The van der Waals surface area contributed by atoms with Gasteiger partial charge in [0.25, 0.3) is 0 Å². The lowest BCUT2D eigenvalue weighted by Gasteiger charge is -2.18. The number of benzene rings is 1. The molecular formula is C22H22N4O2S2. The number of rotatable bonds is 8. The monoisotopic (exact) mass is 438 g/mol. The van der Waals surface area contributed by atoms with Crippen LogP contribution in [0.4, 0.5) is 0 Å². The molecule has 3 aromatic heterocycles. The highest BCUT2D eigenvalue weighted by Gasteiger charge is 2.20. The SMILES string of the molecule is CCn1c(SCC(=O)N[C@@H](c2ccccc2)c2cccs2)nnc1-c1ccoc1C. The van der Waals surface area contributed by atoms with Crippen molar-refractivity contribution < 1.29 is 9.21 Å². The molecule has 4 aromatic rings. The van der Waals surface area contributed by atoms with Gasteiger partial charge in [-0.15, -0.1) is 21.5 Å². The van der Waals surface area contributed by atoms with E-state index in [-0.39, 0.29) is 17.7 Å². The van der Waals surface area contributed by atoms with E-state index in [9.17, 15) is 4.79 Å². The van der Waals surface area contributed by atoms with Crippen molar-refractivity contribution in [1.82, 2.24) is 20.1 Å². The molecule has 0 saturated carbocycles. The highest BCUT2D eigenvalue weighted by Crippen LogP contribution is 2.28. The van der Waals surface area contributed by atoms with Crippen LogP contribution >= 0.6 is 23.1 Å². The van der Waals surface area contributed by atoms with Crippen molar-refractivity contribution in [2.45, 2.75) is 31.6 Å². The number of furan rings is 1. The number of nitrogens with one attached hydrogen (secondary N) is 1. The van der Waals surface area contributed by atoms with Crippen LogP contribution in [0, 0.1) is 6.92 Å². The fraction of sp³-hybridized carbons (Fsp3) is 0.227. The largest absolute Gasteiger partial charge is 0.469 e. The molecule has 0 fully saturated rings. The molecule has 30 heavy (non-hydrogen) atoms. The summed E-state index contributed by atoms with van der Waals surface area (Å²) in [6.07, 6.45) is 1.65. The molecule has 0 bridgehead atoms. The molecule has 1 amide bonds. The lowest BCUT2D eigenvalue weighted by molar-refractivity contribution is -0.119. The van der Waals surface area contributed by atoms with E-state index in [1.54, 1.807) is 17.6 Å². The number of amides is 1. The molecule has 6 nitrogen and oxygen atoms in total. The predicted molar refractivity (Wildman–Crippen MR) is 120 cm³/mol. The van der Waals surface area contributed by atoms with Crippen LogP contribution in [0.15, 0.2) is 69.7 Å². The van der Waals surface area contributed by atoms with Crippen LogP contribution in [0.2, 0.25) is 0 Å². The zero-order valence-corrected chi connectivity index (χ0v) is 18.4. The number of carbonyl (C=O) groups excluding carboxylic acids is 1. The number of hydrogen-bond acceptors (Lipinski definition) is 6. The average molecular weight is 439 g/mol. The minimum absolute atomic E-state index is 0.0473. The summed E-state index contributed by atoms with van der Waals surface area (Å²) < 4.78 is 7.40. The summed E-state index contributed by atoms with van der Waals surface area (Å²) in [5.74, 6) is 1.77. The molecule has 1 N–H and O–H groups in total. The predicted octanol–water partition coefficient (Wildman–Crippen LogP) is 4.93. The van der Waals surface area contributed by atoms with E-state index in [2.05, 4.69) is 15.5 Å². The lowest BCUT2D eigenvalue weighted by Crippen LogP contribution is -2.30. The molecule has 0 saturated heterocycles. The average Bonchev–Trinajstić information content (AvgIpc) is 3.51. The van der Waals surface area contributed by atoms with Gasteiger partial charge in [0, 0.05) is 11.4 Å². The molecule has 1 atom stereocenters. The van der Waals surface area contributed by atoms with Gasteiger partial charge in [-0.05, 0) is 36.9 Å². The summed E-state index contributed by atoms with van der Waals surface area (Å²) in [4.78, 5) is 13.9. The van der Waals surface area contributed by atoms with Crippen molar-refractivity contribution >= 4 is 29.0 Å². The van der Waals surface area contributed by atoms with Gasteiger partial charge < -0.3 is 14.3 Å². The van der Waals surface area contributed by atoms with Crippen LogP contribution < -0.4 is 5.32 Å². The minimum atomic E-state index is -0.160. The summed E-state index contributed by atoms with van der Waals surface area (Å²) in [6, 6.07) is 15.8. The van der Waals surface area contributed by atoms with E-state index in [0.29, 0.717) is 6.54 Å². The fourth-order valence-corrected chi connectivity index (χ4v) is 4.87. The second kappa shape index (κ2) is 9.32. The van der Waals surface area contributed by atoms with E-state index >= 15 is 0 Å². The Hall–Kier alpha value is -2.84. The Balaban J connectivity index is 1.47. The van der Waals surface area contributed by atoms with E-state index in [1.165, 1.54) is 11.8 Å². The molecule has 0 unspecified atom stereocenters. The highest BCUT2D eigenvalue weighted by molar-refractivity contribution is 7.99. The van der Waals surface area contributed by atoms with Crippen LogP contribution in [0.25, 0.3) is 11.4 Å². The molecule has 3 heterocycles. The molecule has 1 aromatic carbocycles. The van der Waals surface area contributed by atoms with Crippen molar-refractivity contribution in [3.8, 4) is 11.4 Å². The van der Waals surface area contributed by atoms with Crippen molar-refractivity contribution in [2.24, 2.45) is 0 Å². The van der Waals surface area contributed by atoms with Gasteiger partial charge in [-0.1, -0.05) is 48.2 Å². The van der Waals surface area contributed by atoms with E-state index in [4.69, 9.17) is 4.42 Å². The van der Waals surface area contributed by atoms with Crippen molar-refractivity contribution in [3.05, 3.63) is 76.4 Å². The molecule has 0 radical (unpaired) electrons. The van der Waals surface area contributed by atoms with Crippen LogP contribution in [0.3, 0.4) is 0 Å². The number of aryl methyl sites for hydroxylation is 1. The summed E-state index contributed by atoms with van der Waals surface area (Å²) in [6.45, 7) is 4.64. The molecule has 0 aliphatic rings. The Morgan fingerprint density at radius 2 is 2.03 bits per heavy atom. The highest BCUT2D eigenvalue weighted by atomic mass is 32.2. The molecule has 154 valence electrons. The standard InChI is InChI=1S/C22H22N4O2S2/c1-3-26-21(17-11-12-28-15(17)2)24-25-22(26)30-14-19(27)23-20(18-10-7-13-29-18)16-8-5-4-6-9-16/h4-13,20H,3,14H2,1-2H3,(H,23,27)/t20-/m0/s1. The lowest BCUT2D eigenvalue weighted by atomic mass is 10.1. The van der Waals surface area contributed by atoms with Crippen molar-refractivity contribution in [1.29, 1.82) is 0 Å². The normalized spacial score (nSPS) is 12.1. The van der Waals surface area contributed by atoms with Crippen molar-refractivity contribution in [2.75, 3.05) is 5.75 Å². The number of hydrogen-bond donors (Lipinski definition) is 1. The number of thiophene rings is 1. The van der Waals surface area contributed by atoms with Gasteiger partial charge in [0.2, 0.25) is 5.91 Å². The van der Waals surface area contributed by atoms with Gasteiger partial charge in [0.1, 0.15) is 5.76 Å². The second-order valence-corrected chi connectivity index (χ2v) is 8.58. The van der Waals surface area contributed by atoms with Gasteiger partial charge in [0.05, 0.1) is 23.6 Å². The Kier molecular flexibility index (Phi) is 6.35. The quantitative estimate of drug-likeness (QED) is 0.395. The number of carbonyl (C=O) groups is 1. The summed E-state index contributed by atoms with van der Waals surface area (Å²) in [7, 11) is 0. The third-order valence-electron chi connectivity index (χ3n) is 4.73. The zero-order chi connectivity index (χ0) is 20.9. The first-order valence-corrected chi connectivity index (χ1v) is 11.5. The van der Waals surface area contributed by atoms with E-state index in [1.807, 2.05) is 72.3 Å². The maximum absolute atomic E-state index is 12.8. The summed E-state index contributed by atoms with van der Waals surface area (Å²) in [5, 5.41) is 14.5. The van der Waals surface area contributed by atoms with E-state index in [0.717, 1.165) is 32.7 Å². The Morgan fingerprint density at radius 3 is 2.70 bits per heavy atom. The molecular weight excluding hydrogens is 416 g/mol. The van der Waals surface area contributed by atoms with Gasteiger partial charge in [0.15, 0.2) is 11.0 Å². The van der Waals surface area contributed by atoms with Gasteiger partial charge >= 0.3 is 0 Å². The topological polar surface area (TPSA) is 73.0 Å². The van der Waals surface area contributed by atoms with Crippen LogP contribution in [0.1, 0.15) is 29.2 Å². The molecule has 4 rings (SSSR count). The van der Waals surface area contributed by atoms with Crippen LogP contribution in [-0.4, -0.2) is 26.4 Å². The Bertz CT molecular complexity index is 1100. The number of thioether (sulfide) groups is 1. The Morgan fingerprint density at radius 1 is 1.20 bits per heavy atom. The van der Waals surface area contributed by atoms with Gasteiger partial charge in [-0.3, -0.25) is 4.79 Å². The minimum Gasteiger partial charge on any atom is -0.469 e. The number of nitrogens with zero attached hydrogens (tertiary/aromatic N) is 3. The summed E-state index contributed by atoms with van der Waals surface area (Å²) in [5.41, 5.74) is 1.98.